The van der Waals surface area contributed by atoms with Crippen molar-refractivity contribution < 1.29 is 27.6 Å². The average Bonchev–Trinajstić information content (AvgIpc) is 2.89. The van der Waals surface area contributed by atoms with Crippen LogP contribution in [0.15, 0.2) is 81.9 Å². The van der Waals surface area contributed by atoms with Gasteiger partial charge in [-0.05, 0) is 54.6 Å². The molecule has 0 fully saturated rings. The van der Waals surface area contributed by atoms with E-state index in [1.165, 1.54) is 12.1 Å². The highest BCUT2D eigenvalue weighted by molar-refractivity contribution is 7.85. The minimum absolute atomic E-state index is 0.00315. The number of hydrogen-bond acceptors (Lipinski definition) is 7. The summed E-state index contributed by atoms with van der Waals surface area (Å²) in [4.78, 5) is 12.9. The zero-order valence-electron chi connectivity index (χ0n) is 20.5. The van der Waals surface area contributed by atoms with Crippen molar-refractivity contribution in [3.63, 3.8) is 0 Å². The third-order valence-corrected chi connectivity index (χ3v) is 7.10. The van der Waals surface area contributed by atoms with E-state index in [0.29, 0.717) is 28.8 Å². The lowest BCUT2D eigenvalue weighted by Crippen LogP contribution is -2.13. The molecule has 196 valence electrons. The van der Waals surface area contributed by atoms with Gasteiger partial charge in [0, 0.05) is 5.39 Å². The Hall–Kier alpha value is -3.99. The van der Waals surface area contributed by atoms with Crippen LogP contribution in [0.1, 0.15) is 29.8 Å². The molecule has 1 amide bonds. The molecular weight excluding hydrogens is 530 g/mol. The Bertz CT molecular complexity index is 1670. The number of aromatic hydroxyl groups is 1. The Labute approximate surface area is 224 Å². The van der Waals surface area contributed by atoms with Crippen molar-refractivity contribution in [2.24, 2.45) is 10.2 Å². The van der Waals surface area contributed by atoms with Gasteiger partial charge in [-0.1, -0.05) is 54.9 Å². The molecule has 0 aliphatic carbocycles. The van der Waals surface area contributed by atoms with Gasteiger partial charge in [-0.2, -0.15) is 8.42 Å². The molecular formula is C27H24ClN3O6S. The summed E-state index contributed by atoms with van der Waals surface area (Å²) in [6.07, 6.45) is 0.213. The van der Waals surface area contributed by atoms with E-state index >= 15 is 0 Å². The number of para-hydroxylation sites is 2. The minimum Gasteiger partial charge on any atom is -0.505 e. The van der Waals surface area contributed by atoms with Crippen LogP contribution < -0.4 is 10.1 Å². The molecule has 0 saturated heterocycles. The van der Waals surface area contributed by atoms with Gasteiger partial charge in [0.05, 0.1) is 27.8 Å². The lowest BCUT2D eigenvalue weighted by atomic mass is 10.0. The number of amides is 1. The molecule has 4 aromatic carbocycles. The highest BCUT2D eigenvalue weighted by Gasteiger charge is 2.21. The predicted molar refractivity (Wildman–Crippen MR) is 146 cm³/mol. The largest absolute Gasteiger partial charge is 0.505 e. The number of carbonyl (C=O) groups excluding carboxylic acids is 1. The summed E-state index contributed by atoms with van der Waals surface area (Å²) >= 11 is 6.39. The van der Waals surface area contributed by atoms with Crippen LogP contribution in [-0.2, 0) is 16.5 Å². The summed E-state index contributed by atoms with van der Waals surface area (Å²) in [6, 6.07) is 18.0. The SMILES string of the molecule is CCOc1ccccc1NC(=O)c1cc2ccccc2c(N=Nc2ccc(S(=O)(=O)O)c(CC)c2Cl)c1O. The molecule has 0 radical (unpaired) electrons. The van der Waals surface area contributed by atoms with Crippen LogP contribution in [0.3, 0.4) is 0 Å². The van der Waals surface area contributed by atoms with E-state index in [0.717, 1.165) is 0 Å². The second-order valence-corrected chi connectivity index (χ2v) is 9.90. The van der Waals surface area contributed by atoms with Crippen LogP contribution >= 0.6 is 11.6 Å². The van der Waals surface area contributed by atoms with Crippen molar-refractivity contribution in [2.45, 2.75) is 25.2 Å². The first-order valence-electron chi connectivity index (χ1n) is 11.6. The lowest BCUT2D eigenvalue weighted by molar-refractivity contribution is 0.102. The van der Waals surface area contributed by atoms with Gasteiger partial charge in [-0.15, -0.1) is 10.2 Å². The Balaban J connectivity index is 1.79. The van der Waals surface area contributed by atoms with E-state index < -0.39 is 21.8 Å². The molecule has 0 unspecified atom stereocenters. The zero-order valence-corrected chi connectivity index (χ0v) is 22.0. The molecule has 0 spiro atoms. The molecule has 4 aromatic rings. The van der Waals surface area contributed by atoms with Crippen LogP contribution in [0.25, 0.3) is 10.8 Å². The average molecular weight is 554 g/mol. The van der Waals surface area contributed by atoms with E-state index in [1.54, 1.807) is 61.5 Å². The summed E-state index contributed by atoms with van der Waals surface area (Å²) in [5.74, 6) is -0.501. The maximum Gasteiger partial charge on any atom is 0.294 e. The molecule has 4 rings (SSSR count). The number of rotatable bonds is 8. The molecule has 0 aromatic heterocycles. The molecule has 3 N–H and O–H groups in total. The van der Waals surface area contributed by atoms with Gasteiger partial charge in [0.25, 0.3) is 16.0 Å². The molecule has 38 heavy (non-hydrogen) atoms. The number of phenols is 1. The maximum absolute atomic E-state index is 13.2. The van der Waals surface area contributed by atoms with Crippen molar-refractivity contribution in [3.05, 3.63) is 82.9 Å². The normalized spacial score (nSPS) is 11.7. The number of azo groups is 1. The van der Waals surface area contributed by atoms with Crippen molar-refractivity contribution in [2.75, 3.05) is 11.9 Å². The topological polar surface area (TPSA) is 138 Å². The van der Waals surface area contributed by atoms with Crippen molar-refractivity contribution >= 4 is 55.5 Å². The van der Waals surface area contributed by atoms with E-state index in [2.05, 4.69) is 15.5 Å². The number of benzene rings is 4. The zero-order chi connectivity index (χ0) is 27.4. The molecule has 0 saturated carbocycles. The molecule has 0 bridgehead atoms. The van der Waals surface area contributed by atoms with Gasteiger partial charge >= 0.3 is 0 Å². The number of nitrogens with one attached hydrogen (secondary N) is 1. The van der Waals surface area contributed by atoms with E-state index in [-0.39, 0.29) is 38.8 Å². The van der Waals surface area contributed by atoms with Gasteiger partial charge < -0.3 is 15.2 Å². The second kappa shape index (κ2) is 11.2. The molecule has 0 aliphatic rings. The Morgan fingerprint density at radius 3 is 2.45 bits per heavy atom. The minimum atomic E-state index is -4.49. The number of ether oxygens (including phenoxy) is 1. The third-order valence-electron chi connectivity index (χ3n) is 5.74. The highest BCUT2D eigenvalue weighted by Crippen LogP contribution is 2.41. The van der Waals surface area contributed by atoms with Crippen LogP contribution in [0.5, 0.6) is 11.5 Å². The van der Waals surface area contributed by atoms with E-state index in [4.69, 9.17) is 16.3 Å². The predicted octanol–water partition coefficient (Wildman–Crippen LogP) is 7.07. The highest BCUT2D eigenvalue weighted by atomic mass is 35.5. The fourth-order valence-corrected chi connectivity index (χ4v) is 5.17. The summed E-state index contributed by atoms with van der Waals surface area (Å²) in [5, 5.41) is 23.4. The summed E-state index contributed by atoms with van der Waals surface area (Å²) in [5.41, 5.74) is 0.735. The number of nitrogens with zero attached hydrogens (tertiary/aromatic N) is 2. The Kier molecular flexibility index (Phi) is 7.96. The monoisotopic (exact) mass is 553 g/mol. The Morgan fingerprint density at radius 1 is 1.03 bits per heavy atom. The number of anilines is 1. The smallest absolute Gasteiger partial charge is 0.294 e. The van der Waals surface area contributed by atoms with Crippen molar-refractivity contribution in [1.82, 2.24) is 0 Å². The molecule has 11 heteroatoms. The summed E-state index contributed by atoms with van der Waals surface area (Å²) in [7, 11) is -4.49. The fourth-order valence-electron chi connectivity index (χ4n) is 3.98. The molecule has 0 heterocycles. The van der Waals surface area contributed by atoms with Gasteiger partial charge in [0.15, 0.2) is 5.75 Å². The van der Waals surface area contributed by atoms with Gasteiger partial charge in [0.2, 0.25) is 0 Å². The second-order valence-electron chi connectivity index (χ2n) is 8.13. The summed E-state index contributed by atoms with van der Waals surface area (Å²) in [6.45, 7) is 3.92. The van der Waals surface area contributed by atoms with Crippen LogP contribution in [0.4, 0.5) is 17.1 Å². The van der Waals surface area contributed by atoms with Crippen LogP contribution in [-0.4, -0.2) is 30.6 Å². The van der Waals surface area contributed by atoms with Gasteiger partial charge in [-0.3, -0.25) is 9.35 Å². The van der Waals surface area contributed by atoms with Crippen LogP contribution in [0, 0.1) is 0 Å². The molecule has 0 atom stereocenters. The Morgan fingerprint density at radius 2 is 1.74 bits per heavy atom. The number of hydrogen-bond donors (Lipinski definition) is 3. The first-order chi connectivity index (χ1) is 18.2. The number of phenolic OH excluding ortho intramolecular Hbond substituents is 1. The number of halogens is 1. The maximum atomic E-state index is 13.2. The molecule has 9 nitrogen and oxygen atoms in total. The van der Waals surface area contributed by atoms with Crippen molar-refractivity contribution in [1.29, 1.82) is 0 Å². The lowest BCUT2D eigenvalue weighted by Gasteiger charge is -2.14. The van der Waals surface area contributed by atoms with Crippen molar-refractivity contribution in [3.8, 4) is 11.5 Å². The van der Waals surface area contributed by atoms with Gasteiger partial charge in [0.1, 0.15) is 17.1 Å². The van der Waals surface area contributed by atoms with Crippen LogP contribution in [0.2, 0.25) is 5.02 Å². The fraction of sp³-hybridized carbons (Fsp3) is 0.148. The van der Waals surface area contributed by atoms with Gasteiger partial charge in [-0.25, -0.2) is 0 Å². The summed E-state index contributed by atoms with van der Waals surface area (Å²) < 4.78 is 38.5. The quantitative estimate of drug-likeness (QED) is 0.157. The number of carbonyl (C=O) groups is 1. The molecule has 0 aliphatic heterocycles. The third kappa shape index (κ3) is 5.47. The first-order valence-corrected chi connectivity index (χ1v) is 13.5. The van der Waals surface area contributed by atoms with E-state index in [1.807, 2.05) is 6.92 Å². The first kappa shape index (κ1) is 27.1. The number of fused-ring (bicyclic) bond motifs is 1. The standard InChI is InChI=1S/C27H24ClN3O6S/c1-3-17-23(38(34,35)36)14-13-21(24(17)28)30-31-25-18-10-6-5-9-16(18)15-19(26(25)32)27(33)29-20-11-7-8-12-22(20)37-4-2/h5-15,32H,3-4H2,1-2H3,(H,29,33)(H,34,35,36). The van der Waals surface area contributed by atoms with E-state index in [9.17, 15) is 22.9 Å².